The molecule has 1 fully saturated rings. The molecule has 65 heavy (non-hydrogen) atoms. The van der Waals surface area contributed by atoms with Crippen molar-refractivity contribution in [2.75, 3.05) is 13.2 Å². The van der Waals surface area contributed by atoms with Crippen LogP contribution < -0.4 is 5.32 Å². The van der Waals surface area contributed by atoms with Crippen LogP contribution in [0.4, 0.5) is 0 Å². The summed E-state index contributed by atoms with van der Waals surface area (Å²) < 4.78 is 47.6. The Balaban J connectivity index is 2.50. The maximum absolute atomic E-state index is 13.1. The van der Waals surface area contributed by atoms with Gasteiger partial charge in [-0.25, -0.2) is 4.18 Å². The van der Waals surface area contributed by atoms with Crippen molar-refractivity contribution in [2.24, 2.45) is 0 Å². The molecule has 13 nitrogen and oxygen atoms in total. The van der Waals surface area contributed by atoms with Crippen LogP contribution in [0.1, 0.15) is 219 Å². The van der Waals surface area contributed by atoms with Crippen LogP contribution in [0.3, 0.4) is 0 Å². The van der Waals surface area contributed by atoms with Crippen LogP contribution in [-0.2, 0) is 28.9 Å². The van der Waals surface area contributed by atoms with E-state index in [1.54, 1.807) is 6.08 Å². The molecule has 0 aromatic rings. The number of aliphatic hydroxyl groups is 5. The van der Waals surface area contributed by atoms with Gasteiger partial charge in [0.2, 0.25) is 5.91 Å². The summed E-state index contributed by atoms with van der Waals surface area (Å²) in [6.45, 7) is 3.20. The number of rotatable bonds is 44. The summed E-state index contributed by atoms with van der Waals surface area (Å²) in [6, 6.07) is -1.14. The molecule has 8 unspecified atom stereocenters. The average molecular weight is 946 g/mol. The number of allylic oxidation sites excluding steroid dienone is 5. The van der Waals surface area contributed by atoms with Gasteiger partial charge in [-0.3, -0.25) is 9.35 Å². The summed E-state index contributed by atoms with van der Waals surface area (Å²) in [5, 5.41) is 55.3. The molecule has 1 saturated heterocycles. The molecule has 0 aliphatic carbocycles. The first-order valence-corrected chi connectivity index (χ1v) is 27.3. The molecule has 0 saturated carbocycles. The molecule has 1 aliphatic heterocycles. The number of aliphatic hydroxyl groups excluding tert-OH is 5. The molecule has 8 atom stereocenters. The van der Waals surface area contributed by atoms with Crippen molar-refractivity contribution in [2.45, 2.75) is 268 Å². The Labute approximate surface area is 395 Å². The Morgan fingerprint density at radius 1 is 0.615 bits per heavy atom. The first kappa shape index (κ1) is 61.3. The summed E-state index contributed by atoms with van der Waals surface area (Å²) in [7, 11) is -5.13. The van der Waals surface area contributed by atoms with E-state index in [1.165, 1.54) is 147 Å². The van der Waals surface area contributed by atoms with Crippen LogP contribution in [0.25, 0.3) is 0 Å². The normalized spacial score (nSPS) is 20.9. The lowest BCUT2D eigenvalue weighted by molar-refractivity contribution is -0.298. The Hall–Kier alpha value is -1.72. The number of nitrogens with one attached hydrogen (secondary N) is 1. The summed E-state index contributed by atoms with van der Waals surface area (Å²) in [5.74, 6) is -0.714. The average Bonchev–Trinajstić information content (AvgIpc) is 3.28. The van der Waals surface area contributed by atoms with Crippen LogP contribution in [0.5, 0.6) is 0 Å². The second-order valence-corrected chi connectivity index (χ2v) is 19.3. The van der Waals surface area contributed by atoms with E-state index in [9.17, 15) is 43.3 Å². The van der Waals surface area contributed by atoms with Gasteiger partial charge in [-0.2, -0.15) is 8.42 Å². The zero-order valence-corrected chi connectivity index (χ0v) is 41.5. The summed E-state index contributed by atoms with van der Waals surface area (Å²) in [5.41, 5.74) is 0. The number of ether oxygens (including phenoxy) is 2. The Bertz CT molecular complexity index is 1310. The molecule has 1 rings (SSSR count). The SMILES string of the molecule is CCCCCCC/C=C/CC/C=C/CC/C=C/C(O)C(COC1OC(CO)C(O)C(OS(=O)(=O)O)C1O)NC(=O)C(O)CCCCCCCCCCCCCCCCCCCCCCC. The highest BCUT2D eigenvalue weighted by Crippen LogP contribution is 2.26. The highest BCUT2D eigenvalue weighted by atomic mass is 32.3. The minimum absolute atomic E-state index is 0.237. The molecular weight excluding hydrogens is 851 g/mol. The fourth-order valence-electron chi connectivity index (χ4n) is 8.14. The van der Waals surface area contributed by atoms with Gasteiger partial charge in [0.1, 0.15) is 30.5 Å². The molecule has 1 amide bonds. The largest absolute Gasteiger partial charge is 0.397 e. The summed E-state index contributed by atoms with van der Waals surface area (Å²) in [4.78, 5) is 13.1. The van der Waals surface area contributed by atoms with E-state index in [0.717, 1.165) is 44.9 Å². The fraction of sp³-hybridized carbons (Fsp3) is 0.863. The molecule has 0 aromatic carbocycles. The lowest BCUT2D eigenvalue weighted by atomic mass is 9.99. The first-order valence-electron chi connectivity index (χ1n) is 26.0. The van der Waals surface area contributed by atoms with Gasteiger partial charge in [-0.1, -0.05) is 211 Å². The fourth-order valence-corrected chi connectivity index (χ4v) is 8.65. The molecule has 1 heterocycles. The second-order valence-electron chi connectivity index (χ2n) is 18.2. The van der Waals surface area contributed by atoms with E-state index >= 15 is 0 Å². The smallest absolute Gasteiger partial charge is 0.394 e. The minimum Gasteiger partial charge on any atom is -0.394 e. The van der Waals surface area contributed by atoms with E-state index in [-0.39, 0.29) is 6.42 Å². The van der Waals surface area contributed by atoms with Gasteiger partial charge in [0.15, 0.2) is 6.29 Å². The number of carbonyl (C=O) groups excluding carboxylic acids is 1. The summed E-state index contributed by atoms with van der Waals surface area (Å²) >= 11 is 0. The van der Waals surface area contributed by atoms with E-state index < -0.39 is 78.5 Å². The van der Waals surface area contributed by atoms with Crippen molar-refractivity contribution in [1.82, 2.24) is 5.32 Å². The van der Waals surface area contributed by atoms with Crippen molar-refractivity contribution >= 4 is 16.3 Å². The van der Waals surface area contributed by atoms with Gasteiger partial charge in [-0.15, -0.1) is 0 Å². The molecule has 14 heteroatoms. The molecule has 1 aliphatic rings. The predicted molar refractivity (Wildman–Crippen MR) is 261 cm³/mol. The van der Waals surface area contributed by atoms with E-state index in [0.29, 0.717) is 12.8 Å². The van der Waals surface area contributed by atoms with Crippen LogP contribution in [0.15, 0.2) is 36.5 Å². The van der Waals surface area contributed by atoms with E-state index in [1.807, 2.05) is 0 Å². The number of unbranched alkanes of at least 4 members (excludes halogenated alkanes) is 27. The van der Waals surface area contributed by atoms with E-state index in [4.69, 9.17) is 9.47 Å². The topological polar surface area (TPSA) is 212 Å². The molecule has 0 radical (unpaired) electrons. The quantitative estimate of drug-likeness (QED) is 0.0173. The zero-order valence-electron chi connectivity index (χ0n) is 40.7. The Morgan fingerprint density at radius 2 is 1.03 bits per heavy atom. The molecule has 0 spiro atoms. The van der Waals surface area contributed by atoms with Gasteiger partial charge in [0, 0.05) is 0 Å². The Morgan fingerprint density at radius 3 is 1.48 bits per heavy atom. The maximum atomic E-state index is 13.1. The van der Waals surface area contributed by atoms with Crippen molar-refractivity contribution in [1.29, 1.82) is 0 Å². The highest BCUT2D eigenvalue weighted by Gasteiger charge is 2.48. The minimum atomic E-state index is -5.13. The maximum Gasteiger partial charge on any atom is 0.397 e. The van der Waals surface area contributed by atoms with Crippen LogP contribution >= 0.6 is 0 Å². The molecular formula is C51H95NO12S. The van der Waals surface area contributed by atoms with Crippen LogP contribution in [-0.4, -0.2) is 107 Å². The Kier molecular flexibility index (Phi) is 38.9. The van der Waals surface area contributed by atoms with Crippen molar-refractivity contribution < 1.29 is 57.0 Å². The lowest BCUT2D eigenvalue weighted by Crippen LogP contribution is -2.61. The van der Waals surface area contributed by atoms with Gasteiger partial charge in [-0.05, 0) is 44.9 Å². The molecule has 7 N–H and O–H groups in total. The van der Waals surface area contributed by atoms with Gasteiger partial charge in [0.25, 0.3) is 0 Å². The number of hydrogen-bond acceptors (Lipinski definition) is 11. The van der Waals surface area contributed by atoms with Crippen molar-refractivity contribution in [3.8, 4) is 0 Å². The van der Waals surface area contributed by atoms with Gasteiger partial charge >= 0.3 is 10.4 Å². The number of amides is 1. The van der Waals surface area contributed by atoms with E-state index in [2.05, 4.69) is 47.7 Å². The zero-order chi connectivity index (χ0) is 47.8. The first-order chi connectivity index (χ1) is 31.4. The third-order valence-corrected chi connectivity index (χ3v) is 12.7. The second kappa shape index (κ2) is 41.3. The number of hydrogen-bond donors (Lipinski definition) is 7. The summed E-state index contributed by atoms with van der Waals surface area (Å²) in [6.07, 6.45) is 38.0. The third-order valence-electron chi connectivity index (χ3n) is 12.3. The van der Waals surface area contributed by atoms with Gasteiger partial charge < -0.3 is 40.3 Å². The van der Waals surface area contributed by atoms with Crippen LogP contribution in [0, 0.1) is 0 Å². The molecule has 382 valence electrons. The predicted octanol–water partition coefficient (Wildman–Crippen LogP) is 10.0. The van der Waals surface area contributed by atoms with Gasteiger partial charge in [0.05, 0.1) is 25.4 Å². The van der Waals surface area contributed by atoms with Crippen molar-refractivity contribution in [3.05, 3.63) is 36.5 Å². The molecule has 0 aromatic heterocycles. The third kappa shape index (κ3) is 33.4. The lowest BCUT2D eigenvalue weighted by Gasteiger charge is -2.41. The van der Waals surface area contributed by atoms with Crippen LogP contribution in [0.2, 0.25) is 0 Å². The number of carbonyl (C=O) groups is 1. The monoisotopic (exact) mass is 946 g/mol. The standard InChI is InChI=1S/C51H95NO12S/c1-3-5-7-9-11-13-15-17-19-20-21-22-23-24-26-28-30-32-34-36-38-40-45(55)50(58)52-43(42-62-51-48(57)49(64-65(59,60)61)47(56)46(41-53)63-51)44(54)39-37-35-33-31-29-27-25-18-16-14-12-10-8-6-4-2/h16,18,29,31,37,39,43-49,51,53-57H,3-15,17,19-28,30,32-36,38,40-42H2,1-2H3,(H,52,58)(H,59,60,61)/b18-16+,31-29+,39-37+. The molecule has 0 bridgehead atoms. The highest BCUT2D eigenvalue weighted by molar-refractivity contribution is 7.80. The van der Waals surface area contributed by atoms with Crippen molar-refractivity contribution in [3.63, 3.8) is 0 Å².